The summed E-state index contributed by atoms with van der Waals surface area (Å²) in [6.45, 7) is 9.56. The van der Waals surface area contributed by atoms with Gasteiger partial charge in [0.25, 0.3) is 0 Å². The molecule has 0 aliphatic heterocycles. The Morgan fingerprint density at radius 1 is 1.38 bits per heavy atom. The third-order valence-electron chi connectivity index (χ3n) is 4.05. The third-order valence-corrected chi connectivity index (χ3v) is 4.05. The van der Waals surface area contributed by atoms with Crippen molar-refractivity contribution >= 4 is 0 Å². The molecule has 3 N–H and O–H groups in total. The van der Waals surface area contributed by atoms with E-state index in [1.165, 1.54) is 0 Å². The van der Waals surface area contributed by atoms with Crippen molar-refractivity contribution in [1.29, 1.82) is 0 Å². The molecule has 1 rings (SSSR count). The number of aliphatic hydroxyl groups is 1. The smallest absolute Gasteiger partial charge is 0.0660 e. The number of nitrogens with two attached hydrogens (primary N) is 1. The van der Waals surface area contributed by atoms with Gasteiger partial charge in [-0.2, -0.15) is 0 Å². The maximum absolute atomic E-state index is 10.4. The van der Waals surface area contributed by atoms with Gasteiger partial charge in [0, 0.05) is 18.6 Å². The Bertz CT molecular complexity index is 228. The second-order valence-electron chi connectivity index (χ2n) is 6.13. The molecule has 0 amide bonds. The second-order valence-corrected chi connectivity index (χ2v) is 6.13. The van der Waals surface area contributed by atoms with E-state index in [-0.39, 0.29) is 23.0 Å². The molecular formula is C13H27NO2. The maximum Gasteiger partial charge on any atom is 0.0660 e. The van der Waals surface area contributed by atoms with Crippen molar-refractivity contribution < 1.29 is 9.84 Å². The summed E-state index contributed by atoms with van der Waals surface area (Å²) in [5.41, 5.74) is 5.75. The van der Waals surface area contributed by atoms with Crippen LogP contribution in [0.1, 0.15) is 47.0 Å². The number of hydrogen-bond donors (Lipinski definition) is 2. The van der Waals surface area contributed by atoms with E-state index in [1.54, 1.807) is 0 Å². The molecular weight excluding hydrogens is 202 g/mol. The summed E-state index contributed by atoms with van der Waals surface area (Å²) in [7, 11) is 0. The van der Waals surface area contributed by atoms with Crippen molar-refractivity contribution in [3.63, 3.8) is 0 Å². The van der Waals surface area contributed by atoms with Gasteiger partial charge in [0.05, 0.1) is 12.2 Å². The molecule has 0 bridgehead atoms. The SMILES string of the molecule is CC(C)OCCC1(CN)CCC(C)(C)C1O. The zero-order valence-corrected chi connectivity index (χ0v) is 11.1. The summed E-state index contributed by atoms with van der Waals surface area (Å²) < 4.78 is 5.58. The second kappa shape index (κ2) is 5.03. The zero-order valence-electron chi connectivity index (χ0n) is 11.1. The Kier molecular flexibility index (Phi) is 4.38. The predicted octanol–water partition coefficient (Wildman–Crippen LogP) is 1.93. The minimum Gasteiger partial charge on any atom is -0.392 e. The lowest BCUT2D eigenvalue weighted by Gasteiger charge is -2.36. The average molecular weight is 229 g/mol. The van der Waals surface area contributed by atoms with Gasteiger partial charge in [-0.15, -0.1) is 0 Å². The van der Waals surface area contributed by atoms with Gasteiger partial charge in [0.2, 0.25) is 0 Å². The van der Waals surface area contributed by atoms with Gasteiger partial charge in [-0.1, -0.05) is 13.8 Å². The third kappa shape index (κ3) is 2.76. The summed E-state index contributed by atoms with van der Waals surface area (Å²) in [5.74, 6) is 0. The highest BCUT2D eigenvalue weighted by atomic mass is 16.5. The van der Waals surface area contributed by atoms with Crippen LogP contribution in [0.25, 0.3) is 0 Å². The van der Waals surface area contributed by atoms with E-state index in [4.69, 9.17) is 10.5 Å². The van der Waals surface area contributed by atoms with Gasteiger partial charge in [0.1, 0.15) is 0 Å². The van der Waals surface area contributed by atoms with Gasteiger partial charge in [-0.25, -0.2) is 0 Å². The van der Waals surface area contributed by atoms with Gasteiger partial charge in [-0.3, -0.25) is 0 Å². The molecule has 2 unspecified atom stereocenters. The van der Waals surface area contributed by atoms with Crippen LogP contribution in [0, 0.1) is 10.8 Å². The van der Waals surface area contributed by atoms with Crippen molar-refractivity contribution in [2.45, 2.75) is 59.2 Å². The van der Waals surface area contributed by atoms with Crippen molar-refractivity contribution in [3.05, 3.63) is 0 Å². The molecule has 1 saturated carbocycles. The van der Waals surface area contributed by atoms with E-state index < -0.39 is 0 Å². The predicted molar refractivity (Wildman–Crippen MR) is 66.2 cm³/mol. The van der Waals surface area contributed by atoms with Crippen LogP contribution in [0.2, 0.25) is 0 Å². The standard InChI is InChI=1S/C13H27NO2/c1-10(2)16-8-7-13(9-14)6-5-12(3,4)11(13)15/h10-11,15H,5-9,14H2,1-4H3. The summed E-state index contributed by atoms with van der Waals surface area (Å²) in [6.07, 6.45) is 2.88. The van der Waals surface area contributed by atoms with Crippen LogP contribution in [-0.2, 0) is 4.74 Å². The molecule has 3 heteroatoms. The van der Waals surface area contributed by atoms with Crippen molar-refractivity contribution in [2.75, 3.05) is 13.2 Å². The molecule has 0 spiro atoms. The minimum atomic E-state index is -0.305. The van der Waals surface area contributed by atoms with Crippen molar-refractivity contribution in [2.24, 2.45) is 16.6 Å². The fourth-order valence-corrected chi connectivity index (χ4v) is 2.75. The van der Waals surface area contributed by atoms with Crippen LogP contribution < -0.4 is 5.73 Å². The summed E-state index contributed by atoms with van der Waals surface area (Å²) >= 11 is 0. The quantitative estimate of drug-likeness (QED) is 0.757. The van der Waals surface area contributed by atoms with E-state index in [0.717, 1.165) is 19.3 Å². The summed E-state index contributed by atoms with van der Waals surface area (Å²) in [5, 5.41) is 10.4. The normalized spacial score (nSPS) is 33.6. The lowest BCUT2D eigenvalue weighted by Crippen LogP contribution is -2.43. The first-order valence-electron chi connectivity index (χ1n) is 6.34. The maximum atomic E-state index is 10.4. The van der Waals surface area contributed by atoms with Crippen molar-refractivity contribution in [3.8, 4) is 0 Å². The summed E-state index contributed by atoms with van der Waals surface area (Å²) in [6, 6.07) is 0. The van der Waals surface area contributed by atoms with E-state index in [9.17, 15) is 5.11 Å². The molecule has 1 aliphatic rings. The van der Waals surface area contributed by atoms with Crippen LogP contribution in [0.4, 0.5) is 0 Å². The van der Waals surface area contributed by atoms with Gasteiger partial charge < -0.3 is 15.6 Å². The molecule has 2 atom stereocenters. The number of hydrogen-bond acceptors (Lipinski definition) is 3. The van der Waals surface area contributed by atoms with E-state index in [0.29, 0.717) is 13.2 Å². The fourth-order valence-electron chi connectivity index (χ4n) is 2.75. The molecule has 96 valence electrons. The molecule has 3 nitrogen and oxygen atoms in total. The zero-order chi connectivity index (χ0) is 12.4. The molecule has 0 heterocycles. The fraction of sp³-hybridized carbons (Fsp3) is 1.00. The Labute approximate surface area is 99.4 Å². The van der Waals surface area contributed by atoms with Crippen molar-refractivity contribution in [1.82, 2.24) is 0 Å². The van der Waals surface area contributed by atoms with Crippen LogP contribution in [0.3, 0.4) is 0 Å². The van der Waals surface area contributed by atoms with Gasteiger partial charge >= 0.3 is 0 Å². The van der Waals surface area contributed by atoms with Crippen LogP contribution in [0.5, 0.6) is 0 Å². The van der Waals surface area contributed by atoms with Gasteiger partial charge in [-0.05, 0) is 38.5 Å². The van der Waals surface area contributed by atoms with Crippen LogP contribution in [-0.4, -0.2) is 30.5 Å². The Hall–Kier alpha value is -0.120. The topological polar surface area (TPSA) is 55.5 Å². The van der Waals surface area contributed by atoms with E-state index in [1.807, 2.05) is 13.8 Å². The average Bonchev–Trinajstić information content (AvgIpc) is 2.42. The number of aliphatic hydroxyl groups excluding tert-OH is 1. The van der Waals surface area contributed by atoms with Crippen LogP contribution in [0.15, 0.2) is 0 Å². The molecule has 0 saturated heterocycles. The molecule has 0 aromatic rings. The number of ether oxygens (including phenoxy) is 1. The van der Waals surface area contributed by atoms with Gasteiger partial charge in [0.15, 0.2) is 0 Å². The highest BCUT2D eigenvalue weighted by Crippen LogP contribution is 2.50. The monoisotopic (exact) mass is 229 g/mol. The van der Waals surface area contributed by atoms with Crippen LogP contribution >= 0.6 is 0 Å². The lowest BCUT2D eigenvalue weighted by atomic mass is 9.76. The molecule has 16 heavy (non-hydrogen) atoms. The summed E-state index contributed by atoms with van der Waals surface area (Å²) in [4.78, 5) is 0. The molecule has 0 radical (unpaired) electrons. The molecule has 0 aromatic heterocycles. The van der Waals surface area contributed by atoms with E-state index >= 15 is 0 Å². The molecule has 1 aliphatic carbocycles. The number of rotatable bonds is 5. The van der Waals surface area contributed by atoms with E-state index in [2.05, 4.69) is 13.8 Å². The Morgan fingerprint density at radius 3 is 2.38 bits per heavy atom. The first kappa shape index (κ1) is 13.9. The lowest BCUT2D eigenvalue weighted by molar-refractivity contribution is -0.0300. The first-order valence-corrected chi connectivity index (χ1v) is 6.34. The molecule has 0 aromatic carbocycles. The Morgan fingerprint density at radius 2 is 2.00 bits per heavy atom. The first-order chi connectivity index (χ1) is 7.34. The minimum absolute atomic E-state index is 0.00278. The molecule has 1 fully saturated rings. The highest BCUT2D eigenvalue weighted by molar-refractivity contribution is 5.01. The highest BCUT2D eigenvalue weighted by Gasteiger charge is 2.50. The Balaban J connectivity index is 2.58. The largest absolute Gasteiger partial charge is 0.392 e.